The molecule has 2 aromatic heterocycles. The number of hydrogen-bond acceptors (Lipinski definition) is 3. The van der Waals surface area contributed by atoms with Crippen molar-refractivity contribution in [2.24, 2.45) is 5.92 Å². The third-order valence-corrected chi connectivity index (χ3v) is 5.62. The molecule has 19 heavy (non-hydrogen) atoms. The van der Waals surface area contributed by atoms with Gasteiger partial charge < -0.3 is 4.74 Å². The number of fused-ring (bicyclic) bond motifs is 1. The zero-order chi connectivity index (χ0) is 13.6. The van der Waals surface area contributed by atoms with Crippen molar-refractivity contribution in [3.63, 3.8) is 0 Å². The molecule has 0 unspecified atom stereocenters. The third-order valence-electron chi connectivity index (χ3n) is 3.86. The Hall–Kier alpha value is -0.400. The minimum absolute atomic E-state index is 0.0827. The van der Waals surface area contributed by atoms with Crippen molar-refractivity contribution in [1.82, 2.24) is 4.57 Å². The van der Waals surface area contributed by atoms with Crippen LogP contribution < -0.4 is 5.56 Å². The Kier molecular flexibility index (Phi) is 3.70. The number of hydrogen-bond donors (Lipinski definition) is 0. The summed E-state index contributed by atoms with van der Waals surface area (Å²) in [6, 6.07) is 2.01. The molecule has 3 rings (SSSR count). The Morgan fingerprint density at radius 1 is 1.58 bits per heavy atom. The quantitative estimate of drug-likeness (QED) is 0.728. The zero-order valence-electron chi connectivity index (χ0n) is 10.9. The third kappa shape index (κ3) is 2.25. The van der Waals surface area contributed by atoms with Gasteiger partial charge in [0.25, 0.3) is 5.56 Å². The lowest BCUT2D eigenvalue weighted by Gasteiger charge is -2.16. The summed E-state index contributed by atoms with van der Waals surface area (Å²) in [4.78, 5) is 12.5. The van der Waals surface area contributed by atoms with Crippen molar-refractivity contribution >= 4 is 44.0 Å². The molecule has 1 saturated heterocycles. The highest BCUT2D eigenvalue weighted by Gasteiger charge is 2.32. The Morgan fingerprint density at radius 2 is 2.37 bits per heavy atom. The molecule has 3 nitrogen and oxygen atoms in total. The summed E-state index contributed by atoms with van der Waals surface area (Å²) in [6.45, 7) is 4.34. The van der Waals surface area contributed by atoms with E-state index in [-0.39, 0.29) is 17.9 Å². The fraction of sp³-hybridized carbons (Fsp3) is 0.500. The van der Waals surface area contributed by atoms with Gasteiger partial charge in [-0.25, -0.2) is 0 Å². The van der Waals surface area contributed by atoms with Crippen molar-refractivity contribution in [2.75, 3.05) is 0 Å². The Labute approximate surface area is 129 Å². The molecule has 0 bridgehead atoms. The minimum Gasteiger partial charge on any atom is -0.354 e. The fourth-order valence-corrected chi connectivity index (χ4v) is 4.57. The van der Waals surface area contributed by atoms with Crippen LogP contribution >= 0.6 is 33.9 Å². The average Bonchev–Trinajstić information content (AvgIpc) is 3.00. The van der Waals surface area contributed by atoms with Gasteiger partial charge in [0, 0.05) is 15.2 Å². The number of thiophene rings is 1. The van der Waals surface area contributed by atoms with Crippen LogP contribution in [0.15, 0.2) is 22.4 Å². The summed E-state index contributed by atoms with van der Waals surface area (Å²) in [7, 11) is 0. The fourth-order valence-electron chi connectivity index (χ4n) is 2.78. The molecular formula is C14H16INO2S. The van der Waals surface area contributed by atoms with E-state index in [1.165, 1.54) is 11.3 Å². The number of rotatable bonds is 2. The van der Waals surface area contributed by atoms with Gasteiger partial charge in [0.15, 0.2) is 0 Å². The van der Waals surface area contributed by atoms with Crippen LogP contribution in [0.1, 0.15) is 32.9 Å². The summed E-state index contributed by atoms with van der Waals surface area (Å²) < 4.78 is 9.77. The van der Waals surface area contributed by atoms with Crippen molar-refractivity contribution in [2.45, 2.75) is 39.0 Å². The predicted molar refractivity (Wildman–Crippen MR) is 86.8 cm³/mol. The van der Waals surface area contributed by atoms with E-state index in [9.17, 15) is 4.79 Å². The summed E-state index contributed by atoms with van der Waals surface area (Å²) in [6.07, 6.45) is 4.03. The van der Waals surface area contributed by atoms with E-state index >= 15 is 0 Å². The largest absolute Gasteiger partial charge is 0.354 e. The van der Waals surface area contributed by atoms with Crippen molar-refractivity contribution in [1.29, 1.82) is 0 Å². The molecule has 3 atom stereocenters. The molecule has 0 radical (unpaired) electrons. The number of nitrogens with zero attached hydrogens (tertiary/aromatic N) is 1. The molecule has 5 heteroatoms. The Morgan fingerprint density at radius 3 is 3.05 bits per heavy atom. The van der Waals surface area contributed by atoms with Gasteiger partial charge in [0.1, 0.15) is 10.9 Å². The lowest BCUT2D eigenvalue weighted by molar-refractivity contribution is -0.00662. The normalized spacial score (nSPS) is 27.2. The first kappa shape index (κ1) is 13.6. The van der Waals surface area contributed by atoms with Crippen LogP contribution in [-0.4, -0.2) is 10.7 Å². The number of pyridine rings is 1. The van der Waals surface area contributed by atoms with Gasteiger partial charge in [-0.05, 0) is 52.8 Å². The molecule has 1 fully saturated rings. The molecule has 1 aliphatic rings. The van der Waals surface area contributed by atoms with Crippen LogP contribution in [0.25, 0.3) is 10.1 Å². The van der Waals surface area contributed by atoms with Gasteiger partial charge in [0.2, 0.25) is 0 Å². The van der Waals surface area contributed by atoms with Crippen LogP contribution in [0, 0.1) is 9.49 Å². The van der Waals surface area contributed by atoms with Crippen LogP contribution in [0.3, 0.4) is 0 Å². The van der Waals surface area contributed by atoms with E-state index < -0.39 is 0 Å². The van der Waals surface area contributed by atoms with Crippen molar-refractivity contribution in [3.05, 3.63) is 31.6 Å². The highest BCUT2D eigenvalue weighted by atomic mass is 127. The summed E-state index contributed by atoms with van der Waals surface area (Å²) in [5.74, 6) is 0.513. The van der Waals surface area contributed by atoms with E-state index in [4.69, 9.17) is 4.74 Å². The number of ether oxygens (including phenoxy) is 1. The summed E-state index contributed by atoms with van der Waals surface area (Å²) in [5, 5.41) is 3.04. The van der Waals surface area contributed by atoms with Gasteiger partial charge in [-0.15, -0.1) is 11.3 Å². The molecule has 102 valence electrons. The number of aromatic nitrogens is 1. The molecule has 0 aromatic carbocycles. The van der Waals surface area contributed by atoms with Crippen LogP contribution in [0.5, 0.6) is 0 Å². The lowest BCUT2D eigenvalue weighted by atomic mass is 10.0. The molecule has 0 aliphatic carbocycles. The minimum atomic E-state index is -0.104. The van der Waals surface area contributed by atoms with E-state index in [2.05, 4.69) is 36.4 Å². The van der Waals surface area contributed by atoms with Gasteiger partial charge in [-0.3, -0.25) is 9.36 Å². The average molecular weight is 389 g/mol. The highest BCUT2D eigenvalue weighted by molar-refractivity contribution is 14.1. The first-order chi connectivity index (χ1) is 9.11. The predicted octanol–water partition coefficient (Wildman–Crippen LogP) is 4.00. The van der Waals surface area contributed by atoms with Crippen LogP contribution in [0.4, 0.5) is 0 Å². The molecule has 0 saturated carbocycles. The second kappa shape index (κ2) is 5.18. The molecule has 2 aromatic rings. The lowest BCUT2D eigenvalue weighted by Crippen LogP contribution is -2.24. The van der Waals surface area contributed by atoms with Gasteiger partial charge >= 0.3 is 0 Å². The van der Waals surface area contributed by atoms with E-state index in [0.29, 0.717) is 5.92 Å². The van der Waals surface area contributed by atoms with E-state index in [0.717, 1.165) is 26.5 Å². The van der Waals surface area contributed by atoms with Crippen LogP contribution in [-0.2, 0) is 4.74 Å². The molecular weight excluding hydrogens is 373 g/mol. The molecule has 3 heterocycles. The van der Waals surface area contributed by atoms with Crippen LogP contribution in [0.2, 0.25) is 0 Å². The molecule has 0 N–H and O–H groups in total. The monoisotopic (exact) mass is 389 g/mol. The van der Waals surface area contributed by atoms with Gasteiger partial charge in [0.05, 0.1) is 6.10 Å². The van der Waals surface area contributed by atoms with Gasteiger partial charge in [-0.2, -0.15) is 0 Å². The second-order valence-electron chi connectivity index (χ2n) is 5.10. The zero-order valence-corrected chi connectivity index (χ0v) is 13.9. The summed E-state index contributed by atoms with van der Waals surface area (Å²) >= 11 is 3.81. The molecule has 0 spiro atoms. The van der Waals surface area contributed by atoms with E-state index in [1.807, 2.05) is 17.6 Å². The standard InChI is InChI=1S/C14H16INO2S/c1-3-11-8(2)6-12(18-11)16-7-10(15)9-4-5-19-13(9)14(16)17/h4-5,7-8,11-12H,3,6H2,1-2H3/t8-,11-,12-/m1/s1. The SMILES string of the molecule is CC[C@H]1O[C@@H](n2cc(I)c3ccsc3c2=O)C[C@H]1C. The summed E-state index contributed by atoms with van der Waals surface area (Å²) in [5.41, 5.74) is 0.0827. The maximum atomic E-state index is 12.5. The first-order valence-electron chi connectivity index (χ1n) is 6.55. The number of halogens is 1. The van der Waals surface area contributed by atoms with E-state index in [1.54, 1.807) is 4.57 Å². The Balaban J connectivity index is 2.07. The van der Waals surface area contributed by atoms with Crippen molar-refractivity contribution < 1.29 is 4.74 Å². The topological polar surface area (TPSA) is 31.2 Å². The first-order valence-corrected chi connectivity index (χ1v) is 8.51. The molecule has 1 aliphatic heterocycles. The van der Waals surface area contributed by atoms with Crippen molar-refractivity contribution in [3.8, 4) is 0 Å². The second-order valence-corrected chi connectivity index (χ2v) is 7.18. The van der Waals surface area contributed by atoms with Gasteiger partial charge in [-0.1, -0.05) is 13.8 Å². The molecule has 0 amide bonds. The maximum absolute atomic E-state index is 12.5. The Bertz CT molecular complexity index is 663. The maximum Gasteiger partial charge on any atom is 0.270 e. The highest BCUT2D eigenvalue weighted by Crippen LogP contribution is 2.35. The smallest absolute Gasteiger partial charge is 0.270 e.